The van der Waals surface area contributed by atoms with E-state index in [0.29, 0.717) is 35.2 Å². The maximum atomic E-state index is 12.2. The molecule has 1 aliphatic rings. The van der Waals surface area contributed by atoms with Crippen LogP contribution in [-0.4, -0.2) is 27.9 Å². The van der Waals surface area contributed by atoms with Crippen molar-refractivity contribution in [1.29, 1.82) is 0 Å². The molecule has 1 amide bonds. The van der Waals surface area contributed by atoms with Crippen LogP contribution in [0.1, 0.15) is 27.6 Å². The summed E-state index contributed by atoms with van der Waals surface area (Å²) in [5, 5.41) is 9.65. The molecule has 0 aliphatic carbocycles. The van der Waals surface area contributed by atoms with E-state index in [9.17, 15) is 4.79 Å². The highest BCUT2D eigenvalue weighted by atomic mass is 16.7. The number of pyridine rings is 1. The number of carbonyl (C=O) groups is 1. The number of nitrogens with one attached hydrogen (secondary N) is 2. The summed E-state index contributed by atoms with van der Waals surface area (Å²) in [6.45, 7) is 2.72. The summed E-state index contributed by atoms with van der Waals surface area (Å²) in [7, 11) is 0. The Labute approximate surface area is 155 Å². The van der Waals surface area contributed by atoms with E-state index in [0.717, 1.165) is 11.4 Å². The van der Waals surface area contributed by atoms with E-state index < -0.39 is 0 Å². The summed E-state index contributed by atoms with van der Waals surface area (Å²) in [5.41, 5.74) is 2.69. The fourth-order valence-electron chi connectivity index (χ4n) is 2.64. The second kappa shape index (κ2) is 7.36. The van der Waals surface area contributed by atoms with Crippen LogP contribution in [0.4, 0.5) is 0 Å². The zero-order valence-corrected chi connectivity index (χ0v) is 14.7. The van der Waals surface area contributed by atoms with E-state index in [1.54, 1.807) is 24.3 Å². The molecule has 0 atom stereocenters. The summed E-state index contributed by atoms with van der Waals surface area (Å²) in [5.74, 6) is 1.72. The van der Waals surface area contributed by atoms with E-state index in [2.05, 4.69) is 20.5 Å². The molecular formula is C19H18N4O4. The molecule has 3 heterocycles. The van der Waals surface area contributed by atoms with Gasteiger partial charge in [0.2, 0.25) is 6.79 Å². The molecule has 1 aliphatic heterocycles. The smallest absolute Gasteiger partial charge is 0.272 e. The summed E-state index contributed by atoms with van der Waals surface area (Å²) >= 11 is 0. The number of rotatable bonds is 6. The Morgan fingerprint density at radius 3 is 3.00 bits per heavy atom. The van der Waals surface area contributed by atoms with Crippen molar-refractivity contribution in [3.05, 3.63) is 65.2 Å². The zero-order valence-electron chi connectivity index (χ0n) is 14.7. The van der Waals surface area contributed by atoms with Crippen molar-refractivity contribution in [2.75, 3.05) is 6.79 Å². The van der Waals surface area contributed by atoms with Crippen LogP contribution in [0.2, 0.25) is 0 Å². The Morgan fingerprint density at radius 1 is 1.22 bits per heavy atom. The summed E-state index contributed by atoms with van der Waals surface area (Å²) in [6, 6.07) is 12.7. The van der Waals surface area contributed by atoms with Crippen molar-refractivity contribution < 1.29 is 19.0 Å². The van der Waals surface area contributed by atoms with Gasteiger partial charge in [0.1, 0.15) is 18.1 Å². The van der Waals surface area contributed by atoms with E-state index in [1.165, 1.54) is 0 Å². The number of ether oxygens (including phenoxy) is 3. The van der Waals surface area contributed by atoms with Crippen molar-refractivity contribution in [2.45, 2.75) is 20.1 Å². The number of aryl methyl sites for hydroxylation is 1. The lowest BCUT2D eigenvalue weighted by molar-refractivity contribution is 0.0945. The van der Waals surface area contributed by atoms with Crippen LogP contribution in [0.3, 0.4) is 0 Å². The highest BCUT2D eigenvalue weighted by Gasteiger charge is 2.14. The van der Waals surface area contributed by atoms with Gasteiger partial charge in [-0.15, -0.1) is 0 Å². The maximum Gasteiger partial charge on any atom is 0.272 e. The normalized spacial score (nSPS) is 12.0. The molecule has 8 heteroatoms. The van der Waals surface area contributed by atoms with E-state index in [1.807, 2.05) is 25.1 Å². The van der Waals surface area contributed by atoms with E-state index >= 15 is 0 Å². The SMILES string of the molecule is Cc1cccc(CNC(=O)c2cc(COc3ccc4c(c3)OCO4)[nH]n2)n1. The topological polar surface area (TPSA) is 98.4 Å². The van der Waals surface area contributed by atoms with Gasteiger partial charge in [0.05, 0.1) is 17.9 Å². The first kappa shape index (κ1) is 16.9. The van der Waals surface area contributed by atoms with Gasteiger partial charge in [-0.2, -0.15) is 5.10 Å². The first-order valence-corrected chi connectivity index (χ1v) is 8.45. The molecular weight excluding hydrogens is 348 g/mol. The third kappa shape index (κ3) is 4.00. The Balaban J connectivity index is 1.32. The Hall–Kier alpha value is -3.55. The molecule has 2 aromatic heterocycles. The largest absolute Gasteiger partial charge is 0.487 e. The molecule has 3 aromatic rings. The second-order valence-corrected chi connectivity index (χ2v) is 6.04. The van der Waals surface area contributed by atoms with Gasteiger partial charge in [0.25, 0.3) is 5.91 Å². The minimum Gasteiger partial charge on any atom is -0.487 e. The van der Waals surface area contributed by atoms with Gasteiger partial charge in [-0.25, -0.2) is 0 Å². The number of hydrogen-bond donors (Lipinski definition) is 2. The van der Waals surface area contributed by atoms with Crippen molar-refractivity contribution in [3.8, 4) is 17.2 Å². The third-order valence-electron chi connectivity index (χ3n) is 3.98. The van der Waals surface area contributed by atoms with Crippen LogP contribution < -0.4 is 19.5 Å². The number of carbonyl (C=O) groups excluding carboxylic acids is 1. The second-order valence-electron chi connectivity index (χ2n) is 6.04. The predicted octanol–water partition coefficient (Wildman–Crippen LogP) is 2.35. The first-order valence-electron chi connectivity index (χ1n) is 8.45. The number of fused-ring (bicyclic) bond motifs is 1. The van der Waals surface area contributed by atoms with Crippen LogP contribution in [0.15, 0.2) is 42.5 Å². The minimum absolute atomic E-state index is 0.218. The van der Waals surface area contributed by atoms with Crippen LogP contribution in [0.5, 0.6) is 17.2 Å². The van der Waals surface area contributed by atoms with Crippen LogP contribution in [0, 0.1) is 6.92 Å². The summed E-state index contributed by atoms with van der Waals surface area (Å²) < 4.78 is 16.3. The lowest BCUT2D eigenvalue weighted by atomic mass is 10.3. The van der Waals surface area contributed by atoms with Gasteiger partial charge in [0.15, 0.2) is 11.5 Å². The Bertz CT molecular complexity index is 970. The molecule has 0 spiro atoms. The van der Waals surface area contributed by atoms with Gasteiger partial charge in [0, 0.05) is 11.8 Å². The monoisotopic (exact) mass is 366 g/mol. The molecule has 138 valence electrons. The molecule has 1 aromatic carbocycles. The molecule has 27 heavy (non-hydrogen) atoms. The Kier molecular flexibility index (Phi) is 4.61. The highest BCUT2D eigenvalue weighted by Crippen LogP contribution is 2.35. The van der Waals surface area contributed by atoms with Gasteiger partial charge in [-0.3, -0.25) is 14.9 Å². The molecule has 0 unspecified atom stereocenters. The van der Waals surface area contributed by atoms with Crippen molar-refractivity contribution in [3.63, 3.8) is 0 Å². The molecule has 0 fully saturated rings. The molecule has 2 N–H and O–H groups in total. The average Bonchev–Trinajstić information content (AvgIpc) is 3.33. The predicted molar refractivity (Wildman–Crippen MR) is 95.6 cm³/mol. The molecule has 4 rings (SSSR count). The van der Waals surface area contributed by atoms with Gasteiger partial charge in [-0.05, 0) is 37.3 Å². The molecule has 8 nitrogen and oxygen atoms in total. The van der Waals surface area contributed by atoms with Crippen LogP contribution in [0.25, 0.3) is 0 Å². The van der Waals surface area contributed by atoms with Crippen LogP contribution >= 0.6 is 0 Å². The van der Waals surface area contributed by atoms with E-state index in [-0.39, 0.29) is 19.3 Å². The summed E-state index contributed by atoms with van der Waals surface area (Å²) in [4.78, 5) is 16.6. The molecule has 0 bridgehead atoms. The number of hydrogen-bond acceptors (Lipinski definition) is 6. The van der Waals surface area contributed by atoms with E-state index in [4.69, 9.17) is 14.2 Å². The lowest BCUT2D eigenvalue weighted by Crippen LogP contribution is -2.23. The zero-order chi connectivity index (χ0) is 18.6. The quantitative estimate of drug-likeness (QED) is 0.695. The summed E-state index contributed by atoms with van der Waals surface area (Å²) in [6.07, 6.45) is 0. The van der Waals surface area contributed by atoms with Gasteiger partial charge >= 0.3 is 0 Å². The molecule has 0 radical (unpaired) electrons. The lowest BCUT2D eigenvalue weighted by Gasteiger charge is -2.05. The number of H-pyrrole nitrogens is 1. The van der Waals surface area contributed by atoms with Crippen LogP contribution in [-0.2, 0) is 13.2 Å². The van der Waals surface area contributed by atoms with Crippen molar-refractivity contribution in [2.24, 2.45) is 0 Å². The first-order chi connectivity index (χ1) is 13.2. The van der Waals surface area contributed by atoms with Gasteiger partial charge in [-0.1, -0.05) is 6.07 Å². The number of amides is 1. The standard InChI is InChI=1S/C19H18N4O4/c1-12-3-2-4-13(21-12)9-20-19(24)16-7-14(22-23-16)10-25-15-5-6-17-18(8-15)27-11-26-17/h2-8H,9-11H2,1H3,(H,20,24)(H,22,23). The minimum atomic E-state index is -0.274. The maximum absolute atomic E-state index is 12.2. The average molecular weight is 366 g/mol. The fraction of sp³-hybridized carbons (Fsp3) is 0.211. The highest BCUT2D eigenvalue weighted by molar-refractivity contribution is 5.92. The number of aromatic amines is 1. The Morgan fingerprint density at radius 2 is 2.11 bits per heavy atom. The van der Waals surface area contributed by atoms with Gasteiger partial charge < -0.3 is 19.5 Å². The van der Waals surface area contributed by atoms with Crippen molar-refractivity contribution in [1.82, 2.24) is 20.5 Å². The number of nitrogens with zero attached hydrogens (tertiary/aromatic N) is 2. The fourth-order valence-corrected chi connectivity index (χ4v) is 2.64. The number of benzene rings is 1. The number of aromatic nitrogens is 3. The third-order valence-corrected chi connectivity index (χ3v) is 3.98. The molecule has 0 saturated heterocycles. The van der Waals surface area contributed by atoms with Crippen molar-refractivity contribution >= 4 is 5.91 Å². The molecule has 0 saturated carbocycles.